The Morgan fingerprint density at radius 2 is 1.81 bits per heavy atom. The lowest BCUT2D eigenvalue weighted by Gasteiger charge is -2.24. The maximum atomic E-state index is 8.90. The SMILES string of the molecule is N#Cc1ccc(N(Cc2ccccc2)n2cncn2)cc1. The Hall–Kier alpha value is -3.13. The molecule has 5 heteroatoms. The van der Waals surface area contributed by atoms with Crippen LogP contribution in [0.2, 0.25) is 0 Å². The van der Waals surface area contributed by atoms with Gasteiger partial charge in [-0.15, -0.1) is 5.10 Å². The van der Waals surface area contributed by atoms with E-state index in [4.69, 9.17) is 5.26 Å². The first kappa shape index (κ1) is 12.9. The molecule has 0 fully saturated rings. The summed E-state index contributed by atoms with van der Waals surface area (Å²) in [5, 5.41) is 15.1. The Morgan fingerprint density at radius 3 is 2.43 bits per heavy atom. The summed E-state index contributed by atoms with van der Waals surface area (Å²) in [6, 6.07) is 19.7. The van der Waals surface area contributed by atoms with Crippen LogP contribution in [0.15, 0.2) is 67.3 Å². The van der Waals surface area contributed by atoms with Gasteiger partial charge in [-0.2, -0.15) is 10.1 Å². The molecule has 0 bridgehead atoms. The van der Waals surface area contributed by atoms with Gasteiger partial charge in [-0.25, -0.2) is 4.98 Å². The van der Waals surface area contributed by atoms with E-state index in [1.807, 2.05) is 35.3 Å². The highest BCUT2D eigenvalue weighted by Crippen LogP contribution is 2.18. The summed E-state index contributed by atoms with van der Waals surface area (Å²) in [5.74, 6) is 0. The smallest absolute Gasteiger partial charge is 0.139 e. The van der Waals surface area contributed by atoms with Crippen LogP contribution < -0.4 is 5.01 Å². The number of rotatable bonds is 4. The normalized spacial score (nSPS) is 10.0. The molecule has 0 aliphatic carbocycles. The number of nitriles is 1. The van der Waals surface area contributed by atoms with E-state index in [0.717, 1.165) is 11.3 Å². The van der Waals surface area contributed by atoms with Crippen molar-refractivity contribution in [2.75, 3.05) is 5.01 Å². The number of aromatic nitrogens is 3. The van der Waals surface area contributed by atoms with Gasteiger partial charge < -0.3 is 0 Å². The van der Waals surface area contributed by atoms with Crippen LogP contribution in [0, 0.1) is 11.3 Å². The molecule has 1 aromatic heterocycles. The van der Waals surface area contributed by atoms with Crippen LogP contribution in [0.25, 0.3) is 0 Å². The molecular formula is C16H13N5. The van der Waals surface area contributed by atoms with Gasteiger partial charge in [0.15, 0.2) is 0 Å². The predicted molar refractivity (Wildman–Crippen MR) is 79.2 cm³/mol. The van der Waals surface area contributed by atoms with Crippen LogP contribution in [0.5, 0.6) is 0 Å². The fourth-order valence-corrected chi connectivity index (χ4v) is 2.07. The van der Waals surface area contributed by atoms with E-state index in [2.05, 4.69) is 28.3 Å². The lowest BCUT2D eigenvalue weighted by atomic mass is 10.2. The minimum absolute atomic E-state index is 0.636. The van der Waals surface area contributed by atoms with Crippen molar-refractivity contribution >= 4 is 5.69 Å². The van der Waals surface area contributed by atoms with E-state index in [1.54, 1.807) is 23.3 Å². The summed E-state index contributed by atoms with van der Waals surface area (Å²) in [6.07, 6.45) is 3.16. The van der Waals surface area contributed by atoms with Crippen molar-refractivity contribution in [3.63, 3.8) is 0 Å². The Balaban J connectivity index is 1.94. The quantitative estimate of drug-likeness (QED) is 0.734. The van der Waals surface area contributed by atoms with Gasteiger partial charge in [-0.3, -0.25) is 5.01 Å². The largest absolute Gasteiger partial charge is 0.260 e. The summed E-state index contributed by atoms with van der Waals surface area (Å²) in [6.45, 7) is 0.663. The monoisotopic (exact) mass is 275 g/mol. The molecule has 5 nitrogen and oxygen atoms in total. The molecule has 0 unspecified atom stereocenters. The van der Waals surface area contributed by atoms with Crippen molar-refractivity contribution in [3.8, 4) is 6.07 Å². The highest BCUT2D eigenvalue weighted by molar-refractivity contribution is 5.49. The molecule has 0 atom stereocenters. The molecule has 0 spiro atoms. The Kier molecular flexibility index (Phi) is 3.61. The standard InChI is InChI=1S/C16H13N5/c17-10-14-6-8-16(9-7-14)20(21-13-18-12-19-21)11-15-4-2-1-3-5-15/h1-9,12-13H,11H2. The van der Waals surface area contributed by atoms with E-state index in [9.17, 15) is 0 Å². The first-order chi connectivity index (χ1) is 10.4. The van der Waals surface area contributed by atoms with Gasteiger partial charge in [-0.05, 0) is 29.8 Å². The molecule has 102 valence electrons. The third-order valence-electron chi connectivity index (χ3n) is 3.12. The average Bonchev–Trinajstić information content (AvgIpc) is 3.08. The second kappa shape index (κ2) is 5.88. The van der Waals surface area contributed by atoms with Crippen LogP contribution >= 0.6 is 0 Å². The van der Waals surface area contributed by atoms with Crippen LogP contribution in [-0.2, 0) is 6.54 Å². The second-order valence-electron chi connectivity index (χ2n) is 4.52. The fraction of sp³-hybridized carbons (Fsp3) is 0.0625. The van der Waals surface area contributed by atoms with Crippen molar-refractivity contribution in [2.24, 2.45) is 0 Å². The Morgan fingerprint density at radius 1 is 1.05 bits per heavy atom. The van der Waals surface area contributed by atoms with Crippen LogP contribution in [0.4, 0.5) is 5.69 Å². The van der Waals surface area contributed by atoms with Crippen molar-refractivity contribution in [1.29, 1.82) is 5.26 Å². The van der Waals surface area contributed by atoms with E-state index >= 15 is 0 Å². The molecule has 0 aliphatic rings. The molecule has 0 saturated heterocycles. The molecule has 3 aromatic rings. The van der Waals surface area contributed by atoms with E-state index in [0.29, 0.717) is 12.1 Å². The van der Waals surface area contributed by atoms with Crippen LogP contribution in [0.3, 0.4) is 0 Å². The van der Waals surface area contributed by atoms with Crippen molar-refractivity contribution in [3.05, 3.63) is 78.4 Å². The van der Waals surface area contributed by atoms with E-state index in [1.165, 1.54) is 6.33 Å². The van der Waals surface area contributed by atoms with Gasteiger partial charge in [0.2, 0.25) is 0 Å². The number of hydrogen-bond donors (Lipinski definition) is 0. The highest BCUT2D eigenvalue weighted by atomic mass is 15.7. The van der Waals surface area contributed by atoms with Gasteiger partial charge in [0.25, 0.3) is 0 Å². The zero-order valence-electron chi connectivity index (χ0n) is 11.3. The van der Waals surface area contributed by atoms with Crippen LogP contribution in [0.1, 0.15) is 11.1 Å². The van der Waals surface area contributed by atoms with Crippen molar-refractivity contribution in [1.82, 2.24) is 14.9 Å². The molecule has 0 amide bonds. The van der Waals surface area contributed by atoms with Gasteiger partial charge in [0, 0.05) is 0 Å². The molecule has 1 heterocycles. The Labute approximate surface area is 122 Å². The summed E-state index contributed by atoms with van der Waals surface area (Å²) >= 11 is 0. The van der Waals surface area contributed by atoms with E-state index in [-0.39, 0.29) is 0 Å². The number of benzene rings is 2. The van der Waals surface area contributed by atoms with Gasteiger partial charge in [0.05, 0.1) is 23.9 Å². The first-order valence-corrected chi connectivity index (χ1v) is 6.53. The molecule has 0 saturated carbocycles. The zero-order chi connectivity index (χ0) is 14.5. The summed E-state index contributed by atoms with van der Waals surface area (Å²) in [7, 11) is 0. The van der Waals surface area contributed by atoms with Crippen molar-refractivity contribution in [2.45, 2.75) is 6.54 Å². The second-order valence-corrected chi connectivity index (χ2v) is 4.52. The molecule has 0 N–H and O–H groups in total. The zero-order valence-corrected chi connectivity index (χ0v) is 11.3. The topological polar surface area (TPSA) is 57.7 Å². The van der Waals surface area contributed by atoms with Gasteiger partial charge >= 0.3 is 0 Å². The molecule has 3 rings (SSSR count). The summed E-state index contributed by atoms with van der Waals surface area (Å²) < 4.78 is 0. The molecule has 21 heavy (non-hydrogen) atoms. The van der Waals surface area contributed by atoms with E-state index < -0.39 is 0 Å². The minimum atomic E-state index is 0.636. The average molecular weight is 275 g/mol. The maximum Gasteiger partial charge on any atom is 0.139 e. The molecule has 0 aliphatic heterocycles. The van der Waals surface area contributed by atoms with Crippen molar-refractivity contribution < 1.29 is 0 Å². The van der Waals surface area contributed by atoms with Gasteiger partial charge in [0.1, 0.15) is 12.7 Å². The lowest BCUT2D eigenvalue weighted by Crippen LogP contribution is -2.29. The predicted octanol–water partition coefficient (Wildman–Crippen LogP) is 2.62. The third kappa shape index (κ3) is 2.90. The molecule has 2 aromatic carbocycles. The van der Waals surface area contributed by atoms with Gasteiger partial charge in [-0.1, -0.05) is 30.3 Å². The maximum absolute atomic E-state index is 8.90. The summed E-state index contributed by atoms with van der Waals surface area (Å²) in [4.78, 5) is 5.69. The highest BCUT2D eigenvalue weighted by Gasteiger charge is 2.10. The van der Waals surface area contributed by atoms with Crippen LogP contribution in [-0.4, -0.2) is 14.9 Å². The number of anilines is 1. The third-order valence-corrected chi connectivity index (χ3v) is 3.12. The molecular weight excluding hydrogens is 262 g/mol. The number of nitrogens with zero attached hydrogens (tertiary/aromatic N) is 5. The first-order valence-electron chi connectivity index (χ1n) is 6.53. The number of hydrogen-bond acceptors (Lipinski definition) is 4. The molecule has 0 radical (unpaired) electrons. The lowest BCUT2D eigenvalue weighted by molar-refractivity contribution is 0.610. The Bertz CT molecular complexity index is 727. The summed E-state index contributed by atoms with van der Waals surface area (Å²) in [5.41, 5.74) is 2.75. The minimum Gasteiger partial charge on any atom is -0.260 e. The fourth-order valence-electron chi connectivity index (χ4n) is 2.07.